The molecular weight excluding hydrogens is 733 g/mol. The minimum atomic E-state index is -0.374. The molecule has 2 atom stereocenters. The van der Waals surface area contributed by atoms with E-state index in [0.717, 1.165) is 68.9 Å². The van der Waals surface area contributed by atoms with E-state index in [9.17, 15) is 10.2 Å². The second-order valence-electron chi connectivity index (χ2n) is 23.1. The molecule has 2 N–H and O–H groups in total. The highest BCUT2D eigenvalue weighted by Gasteiger charge is 2.54. The van der Waals surface area contributed by atoms with Crippen LogP contribution in [0.15, 0.2) is 94.9 Å². The zero-order chi connectivity index (χ0) is 41.6. The van der Waals surface area contributed by atoms with Gasteiger partial charge in [0, 0.05) is 34.7 Å². The highest BCUT2D eigenvalue weighted by Crippen LogP contribution is 2.64. The van der Waals surface area contributed by atoms with E-state index in [1.807, 2.05) is 12.4 Å². The van der Waals surface area contributed by atoms with E-state index in [1.165, 1.54) is 88.2 Å². The number of hydrogen-bond donors (Lipinski definition) is 2. The first-order valence-corrected chi connectivity index (χ1v) is 23.6. The third-order valence-electron chi connectivity index (χ3n) is 16.6. The molecule has 8 saturated carbocycles. The maximum absolute atomic E-state index is 12.4. The second kappa shape index (κ2) is 14.7. The summed E-state index contributed by atoms with van der Waals surface area (Å²) in [4.78, 5) is 11.0. The van der Waals surface area contributed by atoms with Crippen LogP contribution in [0.4, 0.5) is 0 Å². The molecule has 0 heterocycles. The number of phenols is 2. The largest absolute Gasteiger partial charge is 0.507 e. The van der Waals surface area contributed by atoms with E-state index in [-0.39, 0.29) is 33.7 Å². The topological polar surface area (TPSA) is 65.2 Å². The fourth-order valence-corrected chi connectivity index (χ4v) is 14.4. The summed E-state index contributed by atoms with van der Waals surface area (Å²) in [5, 5.41) is 24.8. The smallest absolute Gasteiger partial charge is 0.128 e. The van der Waals surface area contributed by atoms with Crippen molar-refractivity contribution in [2.24, 2.45) is 45.5 Å². The van der Waals surface area contributed by atoms with Crippen LogP contribution >= 0.6 is 0 Å². The Morgan fingerprint density at radius 3 is 1.07 bits per heavy atom. The van der Waals surface area contributed by atoms with E-state index in [0.29, 0.717) is 11.5 Å². The maximum atomic E-state index is 12.4. The van der Waals surface area contributed by atoms with Crippen LogP contribution in [-0.2, 0) is 21.7 Å². The maximum Gasteiger partial charge on any atom is 0.128 e. The van der Waals surface area contributed by atoms with Crippen molar-refractivity contribution in [3.63, 3.8) is 0 Å². The summed E-state index contributed by atoms with van der Waals surface area (Å²) in [7, 11) is 0. The normalized spacial score (nSPS) is 31.7. The molecule has 0 saturated heterocycles. The molecule has 8 bridgehead atoms. The first kappa shape index (κ1) is 39.9. The standard InChI is InChI=1S/C56H68N2O2/c1-53(2,3)45-23-43(51(59)47(25-45)55-27-35-17-36(28-55)19-37(18-35)29-55)33-57-49(41-13-9-7-10-14-41)50(42-15-11-8-12-16-42)58-34-44-24-46(54(4,5)6)26-48(52(44)60)56-30-38-20-39(31-56)22-40(21-38)32-56/h7-16,23-26,33-40,49-50,59-60H,17-22,27-32H2,1-6H3/t35?,36?,37?,38?,39?,40?,49-,50-,55?,56?/m0/s1. The Balaban J connectivity index is 1.08. The zero-order valence-corrected chi connectivity index (χ0v) is 37.1. The predicted octanol–water partition coefficient (Wildman–Crippen LogP) is 13.6. The minimum absolute atomic E-state index is 0.0526. The van der Waals surface area contributed by atoms with Crippen molar-refractivity contribution >= 4 is 12.4 Å². The molecule has 0 radical (unpaired) electrons. The van der Waals surface area contributed by atoms with Gasteiger partial charge in [0.2, 0.25) is 0 Å². The van der Waals surface area contributed by atoms with Crippen LogP contribution in [-0.4, -0.2) is 22.6 Å². The fraction of sp³-hybridized carbons (Fsp3) is 0.536. The minimum Gasteiger partial charge on any atom is -0.507 e. The van der Waals surface area contributed by atoms with Crippen molar-refractivity contribution in [2.75, 3.05) is 0 Å². The number of benzene rings is 4. The molecule has 314 valence electrons. The van der Waals surface area contributed by atoms with Crippen LogP contribution in [0.5, 0.6) is 11.5 Å². The molecule has 8 aliphatic rings. The molecule has 12 rings (SSSR count). The van der Waals surface area contributed by atoms with Crippen molar-refractivity contribution in [2.45, 2.75) is 152 Å². The van der Waals surface area contributed by atoms with Gasteiger partial charge in [0.1, 0.15) is 23.6 Å². The zero-order valence-electron chi connectivity index (χ0n) is 37.1. The highest BCUT2D eigenvalue weighted by atomic mass is 16.3. The van der Waals surface area contributed by atoms with Crippen LogP contribution in [0, 0.1) is 35.5 Å². The van der Waals surface area contributed by atoms with Crippen LogP contribution in [0.3, 0.4) is 0 Å². The molecule has 0 aromatic heterocycles. The van der Waals surface area contributed by atoms with Crippen molar-refractivity contribution < 1.29 is 10.2 Å². The molecule has 60 heavy (non-hydrogen) atoms. The predicted molar refractivity (Wildman–Crippen MR) is 247 cm³/mol. The van der Waals surface area contributed by atoms with Gasteiger partial charge in [-0.05, 0) is 169 Å². The summed E-state index contributed by atoms with van der Waals surface area (Å²) in [6.45, 7) is 13.7. The summed E-state index contributed by atoms with van der Waals surface area (Å²) in [5.74, 6) is 5.53. The summed E-state index contributed by atoms with van der Waals surface area (Å²) in [6.07, 6.45) is 19.3. The Morgan fingerprint density at radius 1 is 0.483 bits per heavy atom. The van der Waals surface area contributed by atoms with Crippen LogP contribution in [0.1, 0.15) is 175 Å². The molecule has 4 aromatic rings. The summed E-state index contributed by atoms with van der Waals surface area (Å²) >= 11 is 0. The van der Waals surface area contributed by atoms with Crippen LogP contribution in [0.2, 0.25) is 0 Å². The number of hydrogen-bond acceptors (Lipinski definition) is 4. The van der Waals surface area contributed by atoms with Gasteiger partial charge in [-0.3, -0.25) is 9.98 Å². The van der Waals surface area contributed by atoms with Gasteiger partial charge in [-0.15, -0.1) is 0 Å². The Hall–Kier alpha value is -4.18. The quantitative estimate of drug-likeness (QED) is 0.166. The number of nitrogens with zero attached hydrogens (tertiary/aromatic N) is 2. The molecule has 8 fully saturated rings. The van der Waals surface area contributed by atoms with E-state index in [4.69, 9.17) is 9.98 Å². The monoisotopic (exact) mass is 801 g/mol. The van der Waals surface area contributed by atoms with Gasteiger partial charge in [0.25, 0.3) is 0 Å². The van der Waals surface area contributed by atoms with Crippen molar-refractivity contribution in [1.29, 1.82) is 0 Å². The lowest BCUT2D eigenvalue weighted by Gasteiger charge is -2.57. The average molecular weight is 801 g/mol. The van der Waals surface area contributed by atoms with Gasteiger partial charge in [-0.2, -0.15) is 0 Å². The summed E-state index contributed by atoms with van der Waals surface area (Å²) in [6, 6.07) is 29.4. The number of aromatic hydroxyl groups is 2. The van der Waals surface area contributed by atoms with Gasteiger partial charge in [-0.25, -0.2) is 0 Å². The lowest BCUT2D eigenvalue weighted by atomic mass is 9.47. The molecular formula is C56H68N2O2. The Morgan fingerprint density at radius 2 is 0.783 bits per heavy atom. The van der Waals surface area contributed by atoms with E-state index in [1.54, 1.807) is 0 Å². The highest BCUT2D eigenvalue weighted by molar-refractivity contribution is 5.86. The Bertz CT molecular complexity index is 2060. The van der Waals surface area contributed by atoms with E-state index >= 15 is 0 Å². The van der Waals surface area contributed by atoms with Crippen LogP contribution < -0.4 is 0 Å². The first-order valence-electron chi connectivity index (χ1n) is 23.6. The second-order valence-corrected chi connectivity index (χ2v) is 23.1. The van der Waals surface area contributed by atoms with Crippen molar-refractivity contribution in [3.8, 4) is 11.5 Å². The van der Waals surface area contributed by atoms with Gasteiger partial charge in [-0.1, -0.05) is 114 Å². The molecule has 0 amide bonds. The fourth-order valence-electron chi connectivity index (χ4n) is 14.4. The SMILES string of the molecule is CC(C)(C)c1cc(C=N[C@@H](c2ccccc2)[C@@H](N=Cc2cc(C(C)(C)C)cc(C34CC5CC(CC(C5)C3)C4)c2O)c2ccccc2)c(O)c(C23CC4CC(CC(C4)C2)C3)c1. The van der Waals surface area contributed by atoms with Crippen LogP contribution in [0.25, 0.3) is 0 Å². The van der Waals surface area contributed by atoms with Crippen molar-refractivity contribution in [1.82, 2.24) is 0 Å². The van der Waals surface area contributed by atoms with Gasteiger partial charge < -0.3 is 10.2 Å². The van der Waals surface area contributed by atoms with Crippen molar-refractivity contribution in [3.05, 3.63) is 129 Å². The number of phenolic OH excluding ortho intramolecular Hbond substituents is 2. The molecule has 4 heteroatoms. The summed E-state index contributed by atoms with van der Waals surface area (Å²) < 4.78 is 0. The molecule has 4 aromatic carbocycles. The van der Waals surface area contributed by atoms with E-state index in [2.05, 4.69) is 126 Å². The van der Waals surface area contributed by atoms with Gasteiger partial charge in [0.15, 0.2) is 0 Å². The third-order valence-corrected chi connectivity index (χ3v) is 16.6. The lowest BCUT2D eigenvalue weighted by Crippen LogP contribution is -2.48. The number of rotatable bonds is 9. The van der Waals surface area contributed by atoms with Gasteiger partial charge >= 0.3 is 0 Å². The lowest BCUT2D eigenvalue weighted by molar-refractivity contribution is -0.00635. The molecule has 0 aliphatic heterocycles. The van der Waals surface area contributed by atoms with Gasteiger partial charge in [0.05, 0.1) is 0 Å². The molecule has 0 spiro atoms. The Labute approximate surface area is 360 Å². The molecule has 8 aliphatic carbocycles. The molecule has 4 nitrogen and oxygen atoms in total. The average Bonchev–Trinajstić information content (AvgIpc) is 3.19. The molecule has 0 unspecified atom stereocenters. The van der Waals surface area contributed by atoms with E-state index < -0.39 is 0 Å². The first-order chi connectivity index (χ1) is 28.6. The third kappa shape index (κ3) is 7.26. The Kier molecular flexibility index (Phi) is 9.80. The number of aliphatic imine (C=N–C) groups is 2. The summed E-state index contributed by atoms with van der Waals surface area (Å²) in [5.41, 5.74) is 8.51.